The average molecular weight is 508 g/mol. The highest BCUT2D eigenvalue weighted by molar-refractivity contribution is 6.16. The van der Waals surface area contributed by atoms with Crippen molar-refractivity contribution >= 4 is 55.3 Å². The quantitative estimate of drug-likeness (QED) is 0.235. The molecule has 0 aliphatic rings. The van der Waals surface area contributed by atoms with Gasteiger partial charge in [-0.05, 0) is 54.1 Å². The second kappa shape index (κ2) is 8.99. The van der Waals surface area contributed by atoms with Crippen LogP contribution < -0.4 is 0 Å². The van der Waals surface area contributed by atoms with E-state index in [0.717, 1.165) is 44.5 Å². The van der Waals surface area contributed by atoms with E-state index in [-0.39, 0.29) is 11.5 Å². The zero-order chi connectivity index (χ0) is 26.5. The molecule has 2 aromatic heterocycles. The Hall–Kier alpha value is -5.16. The third kappa shape index (κ3) is 3.62. The zero-order valence-corrected chi connectivity index (χ0v) is 21.3. The molecule has 0 aliphatic carbocycles. The standard InChI is InChI=1S/C34H25N3O2/c1-2-37-28-15-6-5-13-25(28)26-17-18-30(39)32(34(26)37)33-24-12-4-3-9-22(24)19-23(36-33)20-35-27-14-7-10-21-11-8-16-29(38)31(21)27/h3-20,38-39H,2H2,1H3. The fourth-order valence-corrected chi connectivity index (χ4v) is 5.72. The Morgan fingerprint density at radius 3 is 2.33 bits per heavy atom. The summed E-state index contributed by atoms with van der Waals surface area (Å²) in [6.45, 7) is 2.87. The number of rotatable bonds is 4. The largest absolute Gasteiger partial charge is 0.507 e. The van der Waals surface area contributed by atoms with Gasteiger partial charge in [0.05, 0.1) is 34.4 Å². The second-order valence-electron chi connectivity index (χ2n) is 9.64. The summed E-state index contributed by atoms with van der Waals surface area (Å²) in [5.74, 6) is 0.377. The molecule has 0 bridgehead atoms. The van der Waals surface area contributed by atoms with Crippen molar-refractivity contribution in [2.24, 2.45) is 4.99 Å². The van der Waals surface area contributed by atoms with Crippen LogP contribution in [0.15, 0.2) is 108 Å². The number of benzene rings is 5. The van der Waals surface area contributed by atoms with Gasteiger partial charge in [-0.1, -0.05) is 66.7 Å². The molecule has 0 fully saturated rings. The number of aryl methyl sites for hydroxylation is 1. The number of pyridine rings is 1. The summed E-state index contributed by atoms with van der Waals surface area (Å²) < 4.78 is 2.25. The third-order valence-corrected chi connectivity index (χ3v) is 7.42. The highest BCUT2D eigenvalue weighted by Crippen LogP contribution is 2.42. The Bertz CT molecular complexity index is 2080. The van der Waals surface area contributed by atoms with Crippen molar-refractivity contribution in [2.45, 2.75) is 13.5 Å². The lowest BCUT2D eigenvalue weighted by atomic mass is 9.99. The first kappa shape index (κ1) is 23.0. The minimum absolute atomic E-state index is 0.186. The van der Waals surface area contributed by atoms with Crippen LogP contribution in [0.1, 0.15) is 12.6 Å². The molecule has 5 aromatic carbocycles. The maximum atomic E-state index is 11.3. The lowest BCUT2D eigenvalue weighted by Crippen LogP contribution is -1.98. The number of aromatic nitrogens is 2. The van der Waals surface area contributed by atoms with Gasteiger partial charge in [0.25, 0.3) is 0 Å². The van der Waals surface area contributed by atoms with Crippen molar-refractivity contribution in [3.63, 3.8) is 0 Å². The number of fused-ring (bicyclic) bond motifs is 5. The molecular weight excluding hydrogens is 482 g/mol. The summed E-state index contributed by atoms with van der Waals surface area (Å²) >= 11 is 0. The minimum atomic E-state index is 0.186. The summed E-state index contributed by atoms with van der Waals surface area (Å²) in [6, 6.07) is 33.4. The van der Waals surface area contributed by atoms with Gasteiger partial charge >= 0.3 is 0 Å². The predicted molar refractivity (Wildman–Crippen MR) is 160 cm³/mol. The number of aromatic hydroxyl groups is 2. The molecule has 5 nitrogen and oxygen atoms in total. The number of para-hydroxylation sites is 1. The molecule has 0 amide bonds. The van der Waals surface area contributed by atoms with E-state index < -0.39 is 0 Å². The first-order chi connectivity index (χ1) is 19.1. The van der Waals surface area contributed by atoms with E-state index in [0.29, 0.717) is 28.0 Å². The predicted octanol–water partition coefficient (Wildman–Crippen LogP) is 8.34. The van der Waals surface area contributed by atoms with E-state index in [1.165, 1.54) is 0 Å². The van der Waals surface area contributed by atoms with Gasteiger partial charge in [-0.15, -0.1) is 0 Å². The van der Waals surface area contributed by atoms with Crippen LogP contribution in [0.5, 0.6) is 11.5 Å². The Morgan fingerprint density at radius 2 is 1.49 bits per heavy atom. The van der Waals surface area contributed by atoms with Crippen LogP contribution in [0, 0.1) is 0 Å². The maximum Gasteiger partial charge on any atom is 0.127 e. The van der Waals surface area contributed by atoms with Gasteiger partial charge < -0.3 is 14.8 Å². The van der Waals surface area contributed by atoms with Crippen LogP contribution in [0.3, 0.4) is 0 Å². The van der Waals surface area contributed by atoms with Crippen molar-refractivity contribution in [1.82, 2.24) is 9.55 Å². The molecule has 0 radical (unpaired) electrons. The Morgan fingerprint density at radius 1 is 0.744 bits per heavy atom. The number of aliphatic imine (C=N–C) groups is 1. The molecule has 7 aromatic rings. The van der Waals surface area contributed by atoms with Crippen molar-refractivity contribution in [1.29, 1.82) is 0 Å². The summed E-state index contributed by atoms with van der Waals surface area (Å²) in [4.78, 5) is 9.81. The summed E-state index contributed by atoms with van der Waals surface area (Å²) in [5.41, 5.74) is 4.82. The second-order valence-corrected chi connectivity index (χ2v) is 9.64. The van der Waals surface area contributed by atoms with Gasteiger partial charge in [-0.25, -0.2) is 4.98 Å². The zero-order valence-electron chi connectivity index (χ0n) is 21.3. The van der Waals surface area contributed by atoms with Gasteiger partial charge in [0, 0.05) is 33.6 Å². The van der Waals surface area contributed by atoms with Crippen LogP contribution in [0.2, 0.25) is 0 Å². The monoisotopic (exact) mass is 507 g/mol. The van der Waals surface area contributed by atoms with Gasteiger partial charge in [0.2, 0.25) is 0 Å². The number of phenolic OH excluding ortho intramolecular Hbond substituents is 2. The van der Waals surface area contributed by atoms with Crippen LogP contribution in [-0.2, 0) is 6.54 Å². The third-order valence-electron chi connectivity index (χ3n) is 7.42. The molecule has 188 valence electrons. The molecule has 2 heterocycles. The number of phenols is 2. The molecule has 0 saturated heterocycles. The summed E-state index contributed by atoms with van der Waals surface area (Å²) in [7, 11) is 0. The fraction of sp³-hybridized carbons (Fsp3) is 0.0588. The SMILES string of the molecule is CCn1c2ccccc2c2ccc(O)c(-c3nc(C=Nc4cccc5cccc(O)c45)cc4ccccc34)c21. The minimum Gasteiger partial charge on any atom is -0.507 e. The topological polar surface area (TPSA) is 70.6 Å². The van der Waals surface area contributed by atoms with Gasteiger partial charge in [-0.3, -0.25) is 4.99 Å². The molecule has 0 spiro atoms. The van der Waals surface area contributed by atoms with E-state index in [1.807, 2.05) is 78.9 Å². The van der Waals surface area contributed by atoms with Crippen molar-refractivity contribution in [3.05, 3.63) is 109 Å². The lowest BCUT2D eigenvalue weighted by Gasteiger charge is -2.13. The summed E-state index contributed by atoms with van der Waals surface area (Å²) in [5, 5.41) is 27.6. The summed E-state index contributed by atoms with van der Waals surface area (Å²) in [6.07, 6.45) is 1.73. The Kier molecular flexibility index (Phi) is 5.30. The lowest BCUT2D eigenvalue weighted by molar-refractivity contribution is 0.477. The molecule has 0 aliphatic heterocycles. The van der Waals surface area contributed by atoms with Crippen molar-refractivity contribution < 1.29 is 10.2 Å². The normalized spacial score (nSPS) is 11.9. The molecule has 39 heavy (non-hydrogen) atoms. The van der Waals surface area contributed by atoms with Crippen LogP contribution in [0.4, 0.5) is 5.69 Å². The molecule has 5 heteroatoms. The van der Waals surface area contributed by atoms with E-state index >= 15 is 0 Å². The molecular formula is C34H25N3O2. The van der Waals surface area contributed by atoms with Crippen LogP contribution in [0.25, 0.3) is 54.6 Å². The highest BCUT2D eigenvalue weighted by Gasteiger charge is 2.20. The van der Waals surface area contributed by atoms with Gasteiger partial charge in [0.15, 0.2) is 0 Å². The fourth-order valence-electron chi connectivity index (χ4n) is 5.72. The molecule has 2 N–H and O–H groups in total. The number of hydrogen-bond donors (Lipinski definition) is 2. The van der Waals surface area contributed by atoms with E-state index in [9.17, 15) is 10.2 Å². The maximum absolute atomic E-state index is 11.3. The molecule has 0 saturated carbocycles. The van der Waals surface area contributed by atoms with Crippen molar-refractivity contribution in [2.75, 3.05) is 0 Å². The number of hydrogen-bond acceptors (Lipinski definition) is 4. The Labute approximate surface area is 224 Å². The van der Waals surface area contributed by atoms with Crippen LogP contribution >= 0.6 is 0 Å². The Balaban J connectivity index is 1.50. The number of nitrogens with zero attached hydrogens (tertiary/aromatic N) is 3. The smallest absolute Gasteiger partial charge is 0.127 e. The van der Waals surface area contributed by atoms with E-state index in [2.05, 4.69) is 23.6 Å². The van der Waals surface area contributed by atoms with E-state index in [4.69, 9.17) is 9.98 Å². The van der Waals surface area contributed by atoms with Crippen molar-refractivity contribution in [3.8, 4) is 22.8 Å². The molecule has 7 rings (SSSR count). The first-order valence-corrected chi connectivity index (χ1v) is 13.0. The highest BCUT2D eigenvalue weighted by atomic mass is 16.3. The van der Waals surface area contributed by atoms with E-state index in [1.54, 1.807) is 18.3 Å². The molecule has 0 atom stereocenters. The van der Waals surface area contributed by atoms with Crippen LogP contribution in [-0.4, -0.2) is 26.0 Å². The first-order valence-electron chi connectivity index (χ1n) is 13.0. The average Bonchev–Trinajstić information content (AvgIpc) is 3.29. The van der Waals surface area contributed by atoms with Gasteiger partial charge in [-0.2, -0.15) is 0 Å². The molecule has 0 unspecified atom stereocenters. The van der Waals surface area contributed by atoms with Gasteiger partial charge in [0.1, 0.15) is 11.5 Å².